The maximum atomic E-state index is 12.1. The van der Waals surface area contributed by atoms with Crippen LogP contribution in [0.2, 0.25) is 0 Å². The van der Waals surface area contributed by atoms with Crippen LogP contribution in [0.3, 0.4) is 0 Å². The molecule has 8 aromatic rings. The van der Waals surface area contributed by atoms with E-state index < -0.39 is 0 Å². The summed E-state index contributed by atoms with van der Waals surface area (Å²) in [4.78, 5) is 32.5. The molecule has 0 amide bonds. The molecule has 9 nitrogen and oxygen atoms in total. The number of phenols is 2. The summed E-state index contributed by atoms with van der Waals surface area (Å²) in [5.41, 5.74) is 9.31. The topological polar surface area (TPSA) is 129 Å². The van der Waals surface area contributed by atoms with Crippen LogP contribution in [0, 0.1) is 6.92 Å². The van der Waals surface area contributed by atoms with Crippen LogP contribution in [0.4, 0.5) is 0 Å². The van der Waals surface area contributed by atoms with E-state index in [1.807, 2.05) is 121 Å². The van der Waals surface area contributed by atoms with Crippen LogP contribution in [0.15, 0.2) is 206 Å². The summed E-state index contributed by atoms with van der Waals surface area (Å²) in [6.07, 6.45) is 0. The maximum absolute atomic E-state index is 12.1. The molecule has 0 saturated carbocycles. The molecule has 0 atom stereocenters. The van der Waals surface area contributed by atoms with E-state index in [9.17, 15) is 24.6 Å². The van der Waals surface area contributed by atoms with E-state index in [2.05, 4.69) is 94.8 Å². The van der Waals surface area contributed by atoms with Crippen molar-refractivity contribution < 1.29 is 43.5 Å². The molecule has 0 aromatic heterocycles. The van der Waals surface area contributed by atoms with E-state index in [0.29, 0.717) is 17.1 Å². The van der Waals surface area contributed by atoms with E-state index in [0.717, 1.165) is 28.0 Å². The summed E-state index contributed by atoms with van der Waals surface area (Å²) in [6.45, 7) is 17.4. The molecule has 0 saturated heterocycles. The second-order valence-electron chi connectivity index (χ2n) is 19.1. The van der Waals surface area contributed by atoms with E-state index >= 15 is 0 Å². The molecule has 0 radical (unpaired) electrons. The number of ether oxygens (including phenoxy) is 4. The van der Waals surface area contributed by atoms with Gasteiger partial charge in [0.15, 0.2) is 0 Å². The summed E-state index contributed by atoms with van der Waals surface area (Å²) in [5.74, 6) is 1.99. The number of rotatable bonds is 11. The molecule has 8 rings (SSSR count). The second-order valence-corrected chi connectivity index (χ2v) is 19.1. The summed E-state index contributed by atoms with van der Waals surface area (Å²) in [6, 6.07) is 65.9. The molecule has 0 heterocycles. The Labute approximate surface area is 444 Å². The highest BCUT2D eigenvalue weighted by Gasteiger charge is 2.31. The normalized spacial score (nSPS) is 10.7. The highest BCUT2D eigenvalue weighted by atomic mass is 16.5. The van der Waals surface area contributed by atoms with Crippen molar-refractivity contribution in [3.63, 3.8) is 0 Å². The number of phenolic OH excluding ortho intramolecular Hbond substituents is 2. The van der Waals surface area contributed by atoms with Crippen molar-refractivity contribution in [1.82, 2.24) is 0 Å². The summed E-state index contributed by atoms with van der Waals surface area (Å²) < 4.78 is 20.0. The number of hydrogen-bond donors (Lipinski definition) is 2. The number of esters is 2. The van der Waals surface area contributed by atoms with Gasteiger partial charge in [-0.15, -0.1) is 0 Å². The zero-order valence-electron chi connectivity index (χ0n) is 45.4. The Morgan fingerprint density at radius 2 is 0.680 bits per heavy atom. The highest BCUT2D eigenvalue weighted by molar-refractivity contribution is 5.91. The van der Waals surface area contributed by atoms with Gasteiger partial charge in [-0.2, -0.15) is 0 Å². The Bertz CT molecular complexity index is 2910. The number of carbonyl (C=O) groups excluding carboxylic acids is 3. The molecule has 390 valence electrons. The molecule has 9 heteroatoms. The molecule has 0 spiro atoms. The third-order valence-corrected chi connectivity index (χ3v) is 12.5. The number of Topliss-reactive ketones (excluding diaryl/α,β-unsaturated/α-hetero) is 1. The third-order valence-electron chi connectivity index (χ3n) is 12.5. The van der Waals surface area contributed by atoms with Crippen molar-refractivity contribution in [3.05, 3.63) is 256 Å². The van der Waals surface area contributed by atoms with Crippen LogP contribution in [0.1, 0.15) is 110 Å². The largest absolute Gasteiger partial charge is 0.508 e. The number of aryl methyl sites for hydroxylation is 1. The monoisotopic (exact) mass is 1010 g/mol. The fourth-order valence-electron chi connectivity index (χ4n) is 7.96. The first kappa shape index (κ1) is 59.3. The van der Waals surface area contributed by atoms with Crippen molar-refractivity contribution in [2.24, 2.45) is 0 Å². The summed E-state index contributed by atoms with van der Waals surface area (Å²) >= 11 is 0. The second kappa shape index (κ2) is 28.3. The van der Waals surface area contributed by atoms with Gasteiger partial charge < -0.3 is 34.0 Å². The van der Waals surface area contributed by atoms with E-state index in [-0.39, 0.29) is 45.5 Å². The zero-order chi connectivity index (χ0) is 55.2. The molecular weight excluding hydrogens is 937 g/mol. The van der Waals surface area contributed by atoms with E-state index in [4.69, 9.17) is 14.2 Å². The number of methoxy groups -OCH3 is 2. The Morgan fingerprint density at radius 3 is 1.03 bits per heavy atom. The Hall–Kier alpha value is -8.27. The first-order chi connectivity index (χ1) is 35.6. The molecule has 75 heavy (non-hydrogen) atoms. The van der Waals surface area contributed by atoms with Gasteiger partial charge in [-0.25, -0.2) is 4.79 Å². The van der Waals surface area contributed by atoms with Crippen LogP contribution in [-0.2, 0) is 30.6 Å². The molecule has 0 bridgehead atoms. The van der Waals surface area contributed by atoms with Crippen LogP contribution in [0.25, 0.3) is 0 Å². The Balaban J connectivity index is 0.000000229. The lowest BCUT2D eigenvalue weighted by Crippen LogP contribution is -2.25. The standard InChI is InChI=1S/C23H22O2.C20H18O2.C18H20O3.C3H6O.C2H6O/c1-17-9-11-19(12-10-17)23(2,3)20-13-15-21(16-14-20)25-22(24)18-7-5-4-6-8-18;1-20(15-5-3-2-4-6-15,16-7-11-18(21)12-8-16)17-9-13-19(22)14-10-17;1-13(19)21-17-11-7-15(8-12-17)18(2,3)14-5-9-16(20-4)10-6-14;1-3(2)4;1-3-2/h4-16H,1-3H3;2-14,21-22H,1H3;5-12H,1-4H3;1-2H3;1-2H3. The molecule has 8 aromatic carbocycles. The quantitative estimate of drug-likeness (QED) is 0.0739. The van der Waals surface area contributed by atoms with Gasteiger partial charge in [0.1, 0.15) is 34.5 Å². The third kappa shape index (κ3) is 17.4. The molecule has 0 unspecified atom stereocenters. The average Bonchev–Trinajstić information content (AvgIpc) is 3.40. The van der Waals surface area contributed by atoms with Crippen molar-refractivity contribution in [3.8, 4) is 28.7 Å². The van der Waals surface area contributed by atoms with Gasteiger partial charge in [0.25, 0.3) is 0 Å². The van der Waals surface area contributed by atoms with Gasteiger partial charge in [0.2, 0.25) is 0 Å². The summed E-state index contributed by atoms with van der Waals surface area (Å²) in [5, 5.41) is 19.1. The van der Waals surface area contributed by atoms with Crippen LogP contribution in [0.5, 0.6) is 28.7 Å². The van der Waals surface area contributed by atoms with Gasteiger partial charge in [-0.05, 0) is 139 Å². The van der Waals surface area contributed by atoms with Gasteiger partial charge in [0.05, 0.1) is 12.7 Å². The number of ketones is 1. The van der Waals surface area contributed by atoms with Crippen molar-refractivity contribution >= 4 is 17.7 Å². The smallest absolute Gasteiger partial charge is 0.343 e. The Morgan fingerprint density at radius 1 is 0.387 bits per heavy atom. The van der Waals surface area contributed by atoms with Gasteiger partial charge >= 0.3 is 11.9 Å². The number of hydrogen-bond acceptors (Lipinski definition) is 9. The molecular formula is C66H72O9. The average molecular weight is 1010 g/mol. The first-order valence-electron chi connectivity index (χ1n) is 24.6. The van der Waals surface area contributed by atoms with Crippen molar-refractivity contribution in [2.45, 2.75) is 78.6 Å². The van der Waals surface area contributed by atoms with Crippen LogP contribution < -0.4 is 14.2 Å². The Kier molecular flexibility index (Phi) is 22.3. The predicted octanol–water partition coefficient (Wildman–Crippen LogP) is 14.8. The highest BCUT2D eigenvalue weighted by Crippen LogP contribution is 2.40. The van der Waals surface area contributed by atoms with Crippen molar-refractivity contribution in [2.75, 3.05) is 21.3 Å². The minimum absolute atomic E-state index is 0.115. The van der Waals surface area contributed by atoms with Gasteiger partial charge in [-0.3, -0.25) is 4.79 Å². The van der Waals surface area contributed by atoms with E-state index in [1.54, 1.807) is 57.7 Å². The lowest BCUT2D eigenvalue weighted by atomic mass is 9.71. The minimum atomic E-state index is -0.358. The lowest BCUT2D eigenvalue weighted by molar-refractivity contribution is -0.131. The number of benzene rings is 8. The number of aromatic hydroxyl groups is 2. The molecule has 0 aliphatic rings. The fraction of sp³-hybridized carbons (Fsp3) is 0.227. The van der Waals surface area contributed by atoms with Gasteiger partial charge in [-0.1, -0.05) is 167 Å². The van der Waals surface area contributed by atoms with E-state index in [1.165, 1.54) is 43.0 Å². The zero-order valence-corrected chi connectivity index (χ0v) is 45.4. The van der Waals surface area contributed by atoms with Gasteiger partial charge in [0, 0.05) is 37.4 Å². The maximum Gasteiger partial charge on any atom is 0.343 e. The van der Waals surface area contributed by atoms with Crippen LogP contribution >= 0.6 is 0 Å². The SMILES string of the molecule is CC(C)=O.CC(c1ccccc1)(c1ccc(O)cc1)c1ccc(O)cc1.COC.COc1ccc(C(C)(C)c2ccc(OC(C)=O)cc2)cc1.Cc1ccc(C(C)(C)c2ccc(OC(=O)c3ccccc3)cc2)cc1. The first-order valence-corrected chi connectivity index (χ1v) is 24.6. The number of carbonyl (C=O) groups is 3. The predicted molar refractivity (Wildman–Crippen MR) is 302 cm³/mol. The lowest BCUT2D eigenvalue weighted by Gasteiger charge is -2.32. The molecule has 0 aliphatic carbocycles. The summed E-state index contributed by atoms with van der Waals surface area (Å²) in [7, 11) is 4.91. The minimum Gasteiger partial charge on any atom is -0.508 e. The fourth-order valence-corrected chi connectivity index (χ4v) is 7.96. The molecule has 0 aliphatic heterocycles. The van der Waals surface area contributed by atoms with Crippen LogP contribution in [-0.4, -0.2) is 49.3 Å². The molecule has 0 fully saturated rings. The molecule has 2 N–H and O–H groups in total. The van der Waals surface area contributed by atoms with Crippen molar-refractivity contribution in [1.29, 1.82) is 0 Å².